The van der Waals surface area contributed by atoms with Gasteiger partial charge in [-0.25, -0.2) is 0 Å². The van der Waals surface area contributed by atoms with Crippen LogP contribution in [0.2, 0.25) is 0 Å². The van der Waals surface area contributed by atoms with Gasteiger partial charge < -0.3 is 9.84 Å². The van der Waals surface area contributed by atoms with Gasteiger partial charge in [0.1, 0.15) is 5.54 Å². The average Bonchev–Trinajstić information content (AvgIpc) is 2.49. The van der Waals surface area contributed by atoms with E-state index in [-0.39, 0.29) is 12.7 Å². The van der Waals surface area contributed by atoms with Crippen molar-refractivity contribution in [1.82, 2.24) is 5.32 Å². The van der Waals surface area contributed by atoms with Gasteiger partial charge in [-0.3, -0.25) is 5.32 Å². The first-order valence-electron chi connectivity index (χ1n) is 4.64. The molecule has 2 N–H and O–H groups in total. The van der Waals surface area contributed by atoms with E-state index in [2.05, 4.69) is 11.4 Å². The molecule has 4 nitrogen and oxygen atoms in total. The van der Waals surface area contributed by atoms with E-state index in [1.54, 1.807) is 0 Å². The molecule has 13 heavy (non-hydrogen) atoms. The largest absolute Gasteiger partial charge is 0.396 e. The second-order valence-electron chi connectivity index (χ2n) is 3.35. The van der Waals surface area contributed by atoms with Crippen LogP contribution in [0.3, 0.4) is 0 Å². The van der Waals surface area contributed by atoms with Crippen LogP contribution in [-0.4, -0.2) is 36.5 Å². The van der Waals surface area contributed by atoms with Gasteiger partial charge in [0.05, 0.1) is 12.2 Å². The topological polar surface area (TPSA) is 65.3 Å². The van der Waals surface area contributed by atoms with Crippen LogP contribution in [-0.2, 0) is 4.74 Å². The van der Waals surface area contributed by atoms with E-state index in [1.807, 2.05) is 6.92 Å². The minimum atomic E-state index is -0.533. The summed E-state index contributed by atoms with van der Waals surface area (Å²) in [5, 5.41) is 20.8. The molecule has 0 aromatic heterocycles. The third-order valence-corrected chi connectivity index (χ3v) is 2.53. The SMILES string of the molecule is CC1OCCC1(C#N)NCCCO. The quantitative estimate of drug-likeness (QED) is 0.605. The Bertz CT molecular complexity index is 202. The highest BCUT2D eigenvalue weighted by molar-refractivity contribution is 5.13. The molecule has 1 aliphatic heterocycles. The van der Waals surface area contributed by atoms with E-state index in [1.165, 1.54) is 0 Å². The van der Waals surface area contributed by atoms with E-state index < -0.39 is 5.54 Å². The van der Waals surface area contributed by atoms with Crippen molar-refractivity contribution in [2.24, 2.45) is 0 Å². The first-order chi connectivity index (χ1) is 6.25. The number of ether oxygens (including phenoxy) is 1. The van der Waals surface area contributed by atoms with Crippen LogP contribution >= 0.6 is 0 Å². The number of nitriles is 1. The molecule has 1 rings (SSSR count). The predicted molar refractivity (Wildman–Crippen MR) is 48.1 cm³/mol. The zero-order valence-corrected chi connectivity index (χ0v) is 7.92. The van der Waals surface area contributed by atoms with Gasteiger partial charge in [-0.2, -0.15) is 5.26 Å². The zero-order chi connectivity index (χ0) is 9.73. The molecule has 2 unspecified atom stereocenters. The second kappa shape index (κ2) is 4.56. The Kier molecular flexibility index (Phi) is 3.67. The molecule has 0 aromatic rings. The van der Waals surface area contributed by atoms with Gasteiger partial charge in [-0.15, -0.1) is 0 Å². The number of nitrogens with one attached hydrogen (secondary N) is 1. The van der Waals surface area contributed by atoms with Gasteiger partial charge in [0.15, 0.2) is 0 Å². The molecule has 0 aromatic carbocycles. The summed E-state index contributed by atoms with van der Waals surface area (Å²) in [6.07, 6.45) is 1.35. The Morgan fingerprint density at radius 1 is 1.77 bits per heavy atom. The lowest BCUT2D eigenvalue weighted by Gasteiger charge is -2.25. The number of aliphatic hydroxyl groups is 1. The maximum Gasteiger partial charge on any atom is 0.135 e. The molecular formula is C9H16N2O2. The summed E-state index contributed by atoms with van der Waals surface area (Å²) in [6.45, 7) is 3.37. The molecule has 0 saturated carbocycles. The average molecular weight is 184 g/mol. The lowest BCUT2D eigenvalue weighted by molar-refractivity contribution is 0.0982. The number of aliphatic hydroxyl groups excluding tert-OH is 1. The van der Waals surface area contributed by atoms with Crippen LogP contribution in [0.25, 0.3) is 0 Å². The van der Waals surface area contributed by atoms with Crippen LogP contribution in [0.5, 0.6) is 0 Å². The highest BCUT2D eigenvalue weighted by atomic mass is 16.5. The molecule has 1 heterocycles. The van der Waals surface area contributed by atoms with Gasteiger partial charge in [-0.05, 0) is 19.9 Å². The first kappa shape index (κ1) is 10.5. The van der Waals surface area contributed by atoms with Gasteiger partial charge in [0.25, 0.3) is 0 Å². The summed E-state index contributed by atoms with van der Waals surface area (Å²) >= 11 is 0. The Morgan fingerprint density at radius 3 is 3.00 bits per heavy atom. The molecule has 0 radical (unpaired) electrons. The Morgan fingerprint density at radius 2 is 2.54 bits per heavy atom. The van der Waals surface area contributed by atoms with Gasteiger partial charge in [0.2, 0.25) is 0 Å². The van der Waals surface area contributed by atoms with E-state index in [0.29, 0.717) is 19.6 Å². The third-order valence-electron chi connectivity index (χ3n) is 2.53. The fraction of sp³-hybridized carbons (Fsp3) is 0.889. The van der Waals surface area contributed by atoms with Crippen molar-refractivity contribution in [1.29, 1.82) is 5.26 Å². The molecule has 2 atom stereocenters. The van der Waals surface area contributed by atoms with Crippen molar-refractivity contribution < 1.29 is 9.84 Å². The fourth-order valence-electron chi connectivity index (χ4n) is 1.55. The van der Waals surface area contributed by atoms with Crippen LogP contribution in [0.1, 0.15) is 19.8 Å². The lowest BCUT2D eigenvalue weighted by Crippen LogP contribution is -2.49. The van der Waals surface area contributed by atoms with Gasteiger partial charge in [-0.1, -0.05) is 0 Å². The van der Waals surface area contributed by atoms with Crippen LogP contribution < -0.4 is 5.32 Å². The standard InChI is InChI=1S/C9H16N2O2/c1-8-9(7-10,3-6-13-8)11-4-2-5-12/h8,11-12H,2-6H2,1H3. The molecule has 1 fully saturated rings. The Hall–Kier alpha value is -0.630. The summed E-state index contributed by atoms with van der Waals surface area (Å²) < 4.78 is 5.34. The summed E-state index contributed by atoms with van der Waals surface area (Å²) in [5.74, 6) is 0. The molecule has 0 bridgehead atoms. The molecule has 1 saturated heterocycles. The number of hydrogen-bond donors (Lipinski definition) is 2. The molecule has 74 valence electrons. The highest BCUT2D eigenvalue weighted by Gasteiger charge is 2.41. The van der Waals surface area contributed by atoms with Crippen molar-refractivity contribution >= 4 is 0 Å². The number of hydrogen-bond acceptors (Lipinski definition) is 4. The minimum Gasteiger partial charge on any atom is -0.396 e. The van der Waals surface area contributed by atoms with E-state index in [9.17, 15) is 0 Å². The van der Waals surface area contributed by atoms with Crippen LogP contribution in [0, 0.1) is 11.3 Å². The number of nitrogens with zero attached hydrogens (tertiary/aromatic N) is 1. The third kappa shape index (κ3) is 2.19. The molecule has 1 aliphatic rings. The highest BCUT2D eigenvalue weighted by Crippen LogP contribution is 2.24. The molecule has 0 amide bonds. The van der Waals surface area contributed by atoms with E-state index >= 15 is 0 Å². The fourth-order valence-corrected chi connectivity index (χ4v) is 1.55. The molecule has 4 heteroatoms. The first-order valence-corrected chi connectivity index (χ1v) is 4.64. The Labute approximate surface area is 78.5 Å². The van der Waals surface area contributed by atoms with Gasteiger partial charge in [0, 0.05) is 19.6 Å². The van der Waals surface area contributed by atoms with Crippen molar-refractivity contribution in [2.75, 3.05) is 19.8 Å². The minimum absolute atomic E-state index is 0.0591. The van der Waals surface area contributed by atoms with Crippen molar-refractivity contribution in [3.63, 3.8) is 0 Å². The van der Waals surface area contributed by atoms with E-state index in [0.717, 1.165) is 6.42 Å². The monoisotopic (exact) mass is 184 g/mol. The van der Waals surface area contributed by atoms with Crippen LogP contribution in [0.15, 0.2) is 0 Å². The van der Waals surface area contributed by atoms with E-state index in [4.69, 9.17) is 15.1 Å². The van der Waals surface area contributed by atoms with Crippen molar-refractivity contribution in [3.8, 4) is 6.07 Å². The van der Waals surface area contributed by atoms with Crippen LogP contribution in [0.4, 0.5) is 0 Å². The summed E-state index contributed by atoms with van der Waals surface area (Å²) in [5.41, 5.74) is -0.533. The predicted octanol–water partition coefficient (Wildman–Crippen LogP) is 0.0296. The summed E-state index contributed by atoms with van der Waals surface area (Å²) in [4.78, 5) is 0. The summed E-state index contributed by atoms with van der Waals surface area (Å²) in [7, 11) is 0. The Balaban J connectivity index is 2.46. The normalized spacial score (nSPS) is 33.2. The molecule has 0 aliphatic carbocycles. The maximum atomic E-state index is 9.03. The molecular weight excluding hydrogens is 168 g/mol. The smallest absolute Gasteiger partial charge is 0.135 e. The second-order valence-corrected chi connectivity index (χ2v) is 3.35. The van der Waals surface area contributed by atoms with Crippen molar-refractivity contribution in [3.05, 3.63) is 0 Å². The molecule has 0 spiro atoms. The lowest BCUT2D eigenvalue weighted by atomic mass is 9.94. The summed E-state index contributed by atoms with van der Waals surface area (Å²) in [6, 6.07) is 2.27. The maximum absolute atomic E-state index is 9.03. The zero-order valence-electron chi connectivity index (χ0n) is 7.92. The number of rotatable bonds is 4. The van der Waals surface area contributed by atoms with Crippen molar-refractivity contribution in [2.45, 2.75) is 31.4 Å². The van der Waals surface area contributed by atoms with Gasteiger partial charge >= 0.3 is 0 Å².